The van der Waals surface area contributed by atoms with E-state index < -0.39 is 0 Å². The summed E-state index contributed by atoms with van der Waals surface area (Å²) in [5, 5.41) is 6.32. The molecule has 0 aliphatic heterocycles. The van der Waals surface area contributed by atoms with Gasteiger partial charge in [-0.1, -0.05) is 12.1 Å². The standard InChI is InChI=1S/C14H14FN3S/c1-10(11-6-8-16-9-7-11)17-14(19)18-13-5-3-2-4-12(13)15/h2-10H,1H3,(H2,17,18,19). The topological polar surface area (TPSA) is 37.0 Å². The highest BCUT2D eigenvalue weighted by atomic mass is 32.1. The van der Waals surface area contributed by atoms with Gasteiger partial charge in [-0.15, -0.1) is 0 Å². The van der Waals surface area contributed by atoms with E-state index in [0.29, 0.717) is 10.8 Å². The maximum atomic E-state index is 13.5. The lowest BCUT2D eigenvalue weighted by Crippen LogP contribution is -2.31. The Morgan fingerprint density at radius 2 is 1.89 bits per heavy atom. The second-order valence-corrected chi connectivity index (χ2v) is 4.49. The molecule has 0 spiro atoms. The van der Waals surface area contributed by atoms with Gasteiger partial charge in [0.25, 0.3) is 0 Å². The molecule has 0 saturated heterocycles. The van der Waals surface area contributed by atoms with E-state index in [1.807, 2.05) is 19.1 Å². The second-order valence-electron chi connectivity index (χ2n) is 4.08. The molecule has 2 rings (SSSR count). The summed E-state index contributed by atoms with van der Waals surface area (Å²) in [7, 11) is 0. The normalized spacial score (nSPS) is 11.7. The number of para-hydroxylation sites is 1. The van der Waals surface area contributed by atoms with Crippen molar-refractivity contribution >= 4 is 23.0 Å². The lowest BCUT2D eigenvalue weighted by atomic mass is 10.1. The van der Waals surface area contributed by atoms with Gasteiger partial charge in [0.2, 0.25) is 0 Å². The molecule has 1 aromatic carbocycles. The summed E-state index contributed by atoms with van der Waals surface area (Å²) in [6.07, 6.45) is 3.45. The third-order valence-electron chi connectivity index (χ3n) is 2.68. The van der Waals surface area contributed by atoms with Crippen molar-refractivity contribution < 1.29 is 4.39 Å². The molecular weight excluding hydrogens is 261 g/mol. The second kappa shape index (κ2) is 6.24. The van der Waals surface area contributed by atoms with Gasteiger partial charge in [-0.2, -0.15) is 0 Å². The third kappa shape index (κ3) is 3.72. The number of nitrogens with one attached hydrogen (secondary N) is 2. The molecule has 98 valence electrons. The minimum absolute atomic E-state index is 0.0229. The highest BCUT2D eigenvalue weighted by Gasteiger charge is 2.08. The molecule has 2 aromatic rings. The van der Waals surface area contributed by atoms with Crippen molar-refractivity contribution in [3.05, 3.63) is 60.2 Å². The molecule has 1 unspecified atom stereocenters. The lowest BCUT2D eigenvalue weighted by Gasteiger charge is -2.17. The first-order chi connectivity index (χ1) is 9.16. The fourth-order valence-corrected chi connectivity index (χ4v) is 1.94. The van der Waals surface area contributed by atoms with Gasteiger partial charge in [0, 0.05) is 12.4 Å². The fourth-order valence-electron chi connectivity index (χ4n) is 1.65. The van der Waals surface area contributed by atoms with E-state index in [-0.39, 0.29) is 11.9 Å². The molecule has 1 atom stereocenters. The van der Waals surface area contributed by atoms with Gasteiger partial charge in [0.05, 0.1) is 11.7 Å². The molecule has 1 heterocycles. The number of benzene rings is 1. The Kier molecular flexibility index (Phi) is 4.41. The minimum Gasteiger partial charge on any atom is -0.356 e. The van der Waals surface area contributed by atoms with Crippen LogP contribution >= 0.6 is 12.2 Å². The molecule has 0 bridgehead atoms. The van der Waals surface area contributed by atoms with Crippen LogP contribution in [0.4, 0.5) is 10.1 Å². The van der Waals surface area contributed by atoms with E-state index in [1.165, 1.54) is 6.07 Å². The Bertz CT molecular complexity index is 560. The van der Waals surface area contributed by atoms with Crippen LogP contribution < -0.4 is 10.6 Å². The van der Waals surface area contributed by atoms with Gasteiger partial charge in [-0.05, 0) is 49.0 Å². The number of anilines is 1. The number of halogens is 1. The molecule has 0 saturated carbocycles. The summed E-state index contributed by atoms with van der Waals surface area (Å²) in [5.74, 6) is -0.330. The van der Waals surface area contributed by atoms with E-state index in [0.717, 1.165) is 5.56 Å². The summed E-state index contributed by atoms with van der Waals surface area (Å²) in [6.45, 7) is 1.98. The van der Waals surface area contributed by atoms with Gasteiger partial charge in [0.15, 0.2) is 5.11 Å². The van der Waals surface area contributed by atoms with E-state index in [4.69, 9.17) is 12.2 Å². The van der Waals surface area contributed by atoms with Crippen molar-refractivity contribution in [1.82, 2.24) is 10.3 Å². The summed E-state index contributed by atoms with van der Waals surface area (Å²) < 4.78 is 13.5. The van der Waals surface area contributed by atoms with Crippen molar-refractivity contribution in [2.24, 2.45) is 0 Å². The first kappa shape index (κ1) is 13.4. The molecule has 2 N–H and O–H groups in total. The number of nitrogens with zero attached hydrogens (tertiary/aromatic N) is 1. The number of thiocarbonyl (C=S) groups is 1. The quantitative estimate of drug-likeness (QED) is 0.843. The van der Waals surface area contributed by atoms with Gasteiger partial charge < -0.3 is 10.6 Å². The molecule has 0 fully saturated rings. The average Bonchev–Trinajstić information content (AvgIpc) is 2.42. The predicted molar refractivity (Wildman–Crippen MR) is 78.4 cm³/mol. The maximum Gasteiger partial charge on any atom is 0.171 e. The number of aromatic nitrogens is 1. The Balaban J connectivity index is 1.97. The Morgan fingerprint density at radius 3 is 2.58 bits per heavy atom. The van der Waals surface area contributed by atoms with Crippen molar-refractivity contribution in [3.8, 4) is 0 Å². The van der Waals surface area contributed by atoms with Gasteiger partial charge in [0.1, 0.15) is 5.82 Å². The highest BCUT2D eigenvalue weighted by Crippen LogP contribution is 2.14. The molecule has 19 heavy (non-hydrogen) atoms. The zero-order valence-corrected chi connectivity index (χ0v) is 11.2. The van der Waals surface area contributed by atoms with Crippen LogP contribution in [0.15, 0.2) is 48.8 Å². The first-order valence-electron chi connectivity index (χ1n) is 5.89. The average molecular weight is 275 g/mol. The summed E-state index contributed by atoms with van der Waals surface area (Å²) >= 11 is 5.17. The van der Waals surface area contributed by atoms with E-state index in [9.17, 15) is 4.39 Å². The minimum atomic E-state index is -0.330. The fraction of sp³-hybridized carbons (Fsp3) is 0.143. The van der Waals surface area contributed by atoms with Crippen molar-refractivity contribution in [3.63, 3.8) is 0 Å². The number of rotatable bonds is 3. The zero-order valence-electron chi connectivity index (χ0n) is 10.4. The highest BCUT2D eigenvalue weighted by molar-refractivity contribution is 7.80. The third-order valence-corrected chi connectivity index (χ3v) is 2.90. The van der Waals surface area contributed by atoms with Crippen LogP contribution in [0, 0.1) is 5.82 Å². The summed E-state index contributed by atoms with van der Waals surface area (Å²) in [4.78, 5) is 3.96. The molecule has 0 aliphatic rings. The van der Waals surface area contributed by atoms with Crippen LogP contribution in [-0.4, -0.2) is 10.1 Å². The largest absolute Gasteiger partial charge is 0.356 e. The van der Waals surface area contributed by atoms with Crippen LogP contribution in [0.3, 0.4) is 0 Å². The van der Waals surface area contributed by atoms with Crippen molar-refractivity contribution in [2.45, 2.75) is 13.0 Å². The van der Waals surface area contributed by atoms with Crippen LogP contribution in [0.5, 0.6) is 0 Å². The van der Waals surface area contributed by atoms with E-state index in [1.54, 1.807) is 30.6 Å². The Morgan fingerprint density at radius 1 is 1.21 bits per heavy atom. The van der Waals surface area contributed by atoms with Crippen molar-refractivity contribution in [2.75, 3.05) is 5.32 Å². The summed E-state index contributed by atoms with van der Waals surface area (Å²) in [5.41, 5.74) is 1.43. The molecule has 0 radical (unpaired) electrons. The van der Waals surface area contributed by atoms with Gasteiger partial charge in [-0.25, -0.2) is 4.39 Å². The predicted octanol–water partition coefficient (Wildman–Crippen LogP) is 3.27. The number of hydrogen-bond donors (Lipinski definition) is 2. The van der Waals surface area contributed by atoms with Crippen LogP contribution in [0.25, 0.3) is 0 Å². The number of pyridine rings is 1. The van der Waals surface area contributed by atoms with Gasteiger partial charge >= 0.3 is 0 Å². The zero-order chi connectivity index (χ0) is 13.7. The lowest BCUT2D eigenvalue weighted by molar-refractivity contribution is 0.631. The van der Waals surface area contributed by atoms with Crippen LogP contribution in [0.2, 0.25) is 0 Å². The van der Waals surface area contributed by atoms with E-state index in [2.05, 4.69) is 15.6 Å². The molecule has 1 aromatic heterocycles. The van der Waals surface area contributed by atoms with E-state index >= 15 is 0 Å². The molecule has 0 aliphatic carbocycles. The van der Waals surface area contributed by atoms with Crippen molar-refractivity contribution in [1.29, 1.82) is 0 Å². The van der Waals surface area contributed by atoms with Crippen LogP contribution in [-0.2, 0) is 0 Å². The SMILES string of the molecule is CC(NC(=S)Nc1ccccc1F)c1ccncc1. The first-order valence-corrected chi connectivity index (χ1v) is 6.29. The molecule has 5 heteroatoms. The molecule has 3 nitrogen and oxygen atoms in total. The monoisotopic (exact) mass is 275 g/mol. The smallest absolute Gasteiger partial charge is 0.171 e. The Hall–Kier alpha value is -2.01. The molecule has 0 amide bonds. The molecular formula is C14H14FN3S. The van der Waals surface area contributed by atoms with Gasteiger partial charge in [-0.3, -0.25) is 4.98 Å². The maximum absolute atomic E-state index is 13.5. The summed E-state index contributed by atoms with van der Waals surface area (Å²) in [6, 6.07) is 10.2. The number of hydrogen-bond acceptors (Lipinski definition) is 2. The van der Waals surface area contributed by atoms with Crippen LogP contribution in [0.1, 0.15) is 18.5 Å². The Labute approximate surface area is 116 Å².